The Morgan fingerprint density at radius 3 is 2.40 bits per heavy atom. The lowest BCUT2D eigenvalue weighted by Gasteiger charge is -2.10. The molecule has 0 aliphatic heterocycles. The summed E-state index contributed by atoms with van der Waals surface area (Å²) in [6, 6.07) is 7.43. The molecule has 0 spiro atoms. The van der Waals surface area contributed by atoms with Gasteiger partial charge in [-0.3, -0.25) is 4.79 Å². The van der Waals surface area contributed by atoms with E-state index in [1.54, 1.807) is 40.0 Å². The maximum atomic E-state index is 12.9. The minimum atomic E-state index is -0.632. The zero-order valence-electron chi connectivity index (χ0n) is 20.6. The lowest BCUT2D eigenvalue weighted by molar-refractivity contribution is 0.0379. The molecule has 1 N–H and O–H groups in total. The normalized spacial score (nSPS) is 10.8. The first-order valence-corrected chi connectivity index (χ1v) is 12.0. The first kappa shape index (κ1) is 26.0. The summed E-state index contributed by atoms with van der Waals surface area (Å²) < 4.78 is 17.7. The molecular weight excluding hydrogens is 470 g/mol. The molecule has 1 aromatic carbocycles. The van der Waals surface area contributed by atoms with Crippen LogP contribution in [0.3, 0.4) is 0 Å². The van der Waals surface area contributed by atoms with Crippen LogP contribution in [0.2, 0.25) is 0 Å². The van der Waals surface area contributed by atoms with Crippen LogP contribution in [0, 0.1) is 20.8 Å². The number of carbonyl (C=O) groups is 3. The lowest BCUT2D eigenvalue weighted by Crippen LogP contribution is -2.17. The molecule has 0 bridgehead atoms. The van der Waals surface area contributed by atoms with Gasteiger partial charge >= 0.3 is 11.9 Å². The molecule has 1 amide bonds. The lowest BCUT2D eigenvalue weighted by atomic mass is 10.1. The summed E-state index contributed by atoms with van der Waals surface area (Å²) in [5.41, 5.74) is 2.81. The summed E-state index contributed by atoms with van der Waals surface area (Å²) in [6.07, 6.45) is 1.25. The quantitative estimate of drug-likeness (QED) is 0.417. The Kier molecular flexibility index (Phi) is 8.29. The molecule has 186 valence electrons. The predicted molar refractivity (Wildman–Crippen MR) is 132 cm³/mol. The second kappa shape index (κ2) is 11.2. The number of hydrogen-bond acceptors (Lipinski definition) is 8. The summed E-state index contributed by atoms with van der Waals surface area (Å²) in [5.74, 6) is -1.03. The maximum Gasteiger partial charge on any atom is 0.348 e. The van der Waals surface area contributed by atoms with E-state index in [-0.39, 0.29) is 40.6 Å². The first-order chi connectivity index (χ1) is 16.6. The fourth-order valence-corrected chi connectivity index (χ4v) is 4.47. The van der Waals surface area contributed by atoms with Crippen LogP contribution < -0.4 is 10.1 Å². The van der Waals surface area contributed by atoms with E-state index < -0.39 is 17.8 Å². The van der Waals surface area contributed by atoms with Crippen molar-refractivity contribution in [1.82, 2.24) is 9.78 Å². The van der Waals surface area contributed by atoms with Crippen LogP contribution in [0.5, 0.6) is 5.75 Å². The van der Waals surface area contributed by atoms with Crippen LogP contribution in [0.25, 0.3) is 0 Å². The van der Waals surface area contributed by atoms with Crippen molar-refractivity contribution in [2.75, 3.05) is 11.9 Å². The number of ether oxygens (including phenoxy) is 3. The monoisotopic (exact) mass is 499 g/mol. The molecule has 35 heavy (non-hydrogen) atoms. The highest BCUT2D eigenvalue weighted by Crippen LogP contribution is 2.35. The fraction of sp³-hybridized carbons (Fsp3) is 0.360. The summed E-state index contributed by atoms with van der Waals surface area (Å²) in [6.45, 7) is 11.0. The Morgan fingerprint density at radius 2 is 1.77 bits per heavy atom. The third kappa shape index (κ3) is 6.48. The Morgan fingerprint density at radius 1 is 1.09 bits per heavy atom. The fourth-order valence-electron chi connectivity index (χ4n) is 3.39. The number of amides is 1. The summed E-state index contributed by atoms with van der Waals surface area (Å²) in [5, 5.41) is 7.15. The molecule has 0 saturated carbocycles. The highest BCUT2D eigenvalue weighted by molar-refractivity contribution is 7.18. The zero-order valence-corrected chi connectivity index (χ0v) is 21.4. The number of thiophene rings is 1. The molecule has 0 atom stereocenters. The highest BCUT2D eigenvalue weighted by atomic mass is 32.1. The van der Waals surface area contributed by atoms with Crippen LogP contribution >= 0.6 is 11.3 Å². The van der Waals surface area contributed by atoms with Crippen LogP contribution in [-0.2, 0) is 16.2 Å². The van der Waals surface area contributed by atoms with E-state index >= 15 is 0 Å². The Balaban J connectivity index is 1.78. The van der Waals surface area contributed by atoms with Gasteiger partial charge in [-0.25, -0.2) is 14.3 Å². The van der Waals surface area contributed by atoms with Crippen molar-refractivity contribution in [2.24, 2.45) is 0 Å². The number of benzene rings is 1. The largest absolute Gasteiger partial charge is 0.471 e. The highest BCUT2D eigenvalue weighted by Gasteiger charge is 2.28. The van der Waals surface area contributed by atoms with Crippen molar-refractivity contribution in [2.45, 2.75) is 54.4 Å². The number of rotatable bonds is 9. The number of anilines is 1. The standard InChI is InChI=1S/C25H29N3O6S/c1-7-32-25(31)21-17(6)20(24(30)34-14(2)3)23(35-21)26-22(29)19-8-9-28(27-19)13-33-18-11-15(4)10-16(5)12-18/h8-12,14H,7,13H2,1-6H3,(H,26,29). The second-order valence-corrected chi connectivity index (χ2v) is 9.25. The van der Waals surface area contributed by atoms with Crippen molar-refractivity contribution < 1.29 is 28.6 Å². The zero-order chi connectivity index (χ0) is 25.7. The summed E-state index contributed by atoms with van der Waals surface area (Å²) in [7, 11) is 0. The Bertz CT molecular complexity index is 1220. The van der Waals surface area contributed by atoms with Gasteiger partial charge in [-0.2, -0.15) is 5.10 Å². The smallest absolute Gasteiger partial charge is 0.348 e. The van der Waals surface area contributed by atoms with E-state index in [2.05, 4.69) is 10.4 Å². The van der Waals surface area contributed by atoms with Crippen LogP contribution in [0.4, 0.5) is 5.00 Å². The number of aromatic nitrogens is 2. The molecule has 9 nitrogen and oxygen atoms in total. The van der Waals surface area contributed by atoms with E-state index in [9.17, 15) is 14.4 Å². The van der Waals surface area contributed by atoms with Crippen molar-refractivity contribution in [3.8, 4) is 5.75 Å². The van der Waals surface area contributed by atoms with Gasteiger partial charge in [0.2, 0.25) is 0 Å². The Hall–Kier alpha value is -3.66. The van der Waals surface area contributed by atoms with Gasteiger partial charge in [0, 0.05) is 6.20 Å². The number of hydrogen-bond donors (Lipinski definition) is 1. The summed E-state index contributed by atoms with van der Waals surface area (Å²) in [4.78, 5) is 38.2. The minimum Gasteiger partial charge on any atom is -0.471 e. The van der Waals surface area contributed by atoms with E-state index in [0.29, 0.717) is 11.3 Å². The van der Waals surface area contributed by atoms with Gasteiger partial charge in [-0.05, 0) is 76.4 Å². The van der Waals surface area contributed by atoms with E-state index in [1.807, 2.05) is 32.0 Å². The molecule has 2 aromatic heterocycles. The second-order valence-electron chi connectivity index (χ2n) is 8.23. The Labute approximate surface area is 208 Å². The number of esters is 2. The first-order valence-electron chi connectivity index (χ1n) is 11.2. The SMILES string of the molecule is CCOC(=O)c1sc(NC(=O)c2ccn(COc3cc(C)cc(C)c3)n2)c(C(=O)OC(C)C)c1C. The molecule has 0 fully saturated rings. The molecule has 10 heteroatoms. The number of nitrogens with one attached hydrogen (secondary N) is 1. The summed E-state index contributed by atoms with van der Waals surface area (Å²) >= 11 is 0.963. The molecule has 0 aliphatic carbocycles. The van der Waals surface area contributed by atoms with Gasteiger partial charge in [-0.15, -0.1) is 11.3 Å². The van der Waals surface area contributed by atoms with Gasteiger partial charge in [-0.1, -0.05) is 6.07 Å². The molecule has 0 aliphatic rings. The molecule has 3 aromatic rings. The third-order valence-electron chi connectivity index (χ3n) is 4.81. The third-order valence-corrected chi connectivity index (χ3v) is 6.00. The van der Waals surface area contributed by atoms with Crippen LogP contribution in [0.15, 0.2) is 30.5 Å². The predicted octanol–water partition coefficient (Wildman–Crippen LogP) is 4.90. The van der Waals surface area contributed by atoms with Crippen molar-refractivity contribution in [3.63, 3.8) is 0 Å². The van der Waals surface area contributed by atoms with Gasteiger partial charge in [0.15, 0.2) is 12.4 Å². The van der Waals surface area contributed by atoms with Gasteiger partial charge in [0.25, 0.3) is 5.91 Å². The van der Waals surface area contributed by atoms with Crippen molar-refractivity contribution in [3.05, 3.63) is 63.3 Å². The van der Waals surface area contributed by atoms with E-state index in [0.717, 1.165) is 22.5 Å². The van der Waals surface area contributed by atoms with Gasteiger partial charge in [0.1, 0.15) is 15.6 Å². The molecule has 0 saturated heterocycles. The number of aryl methyl sites for hydroxylation is 2. The van der Waals surface area contributed by atoms with Gasteiger partial charge < -0.3 is 19.5 Å². The van der Waals surface area contributed by atoms with E-state index in [1.165, 1.54) is 4.68 Å². The average Bonchev–Trinajstić information content (AvgIpc) is 3.36. The molecular formula is C25H29N3O6S. The average molecular weight is 500 g/mol. The number of nitrogens with zero attached hydrogens (tertiary/aromatic N) is 2. The topological polar surface area (TPSA) is 109 Å². The van der Waals surface area contributed by atoms with Crippen molar-refractivity contribution >= 4 is 34.2 Å². The van der Waals surface area contributed by atoms with Gasteiger partial charge in [0.05, 0.1) is 18.3 Å². The molecule has 0 radical (unpaired) electrons. The maximum absolute atomic E-state index is 12.9. The van der Waals surface area contributed by atoms with Crippen LogP contribution in [0.1, 0.15) is 68.0 Å². The molecule has 2 heterocycles. The molecule has 0 unspecified atom stereocenters. The van der Waals surface area contributed by atoms with E-state index in [4.69, 9.17) is 14.2 Å². The van der Waals surface area contributed by atoms with Crippen LogP contribution in [-0.4, -0.2) is 40.3 Å². The number of carbonyl (C=O) groups excluding carboxylic acids is 3. The van der Waals surface area contributed by atoms with Crippen molar-refractivity contribution in [1.29, 1.82) is 0 Å². The molecule has 3 rings (SSSR count). The minimum absolute atomic E-state index is 0.118.